The van der Waals surface area contributed by atoms with Gasteiger partial charge in [-0.05, 0) is 49.6 Å². The summed E-state index contributed by atoms with van der Waals surface area (Å²) >= 11 is 5.96. The number of nitrogen functional groups attached to an aromatic ring is 1. The lowest BCUT2D eigenvalue weighted by Crippen LogP contribution is -2.37. The summed E-state index contributed by atoms with van der Waals surface area (Å²) in [4.78, 5) is 25.6. The van der Waals surface area contributed by atoms with Gasteiger partial charge in [0.05, 0.1) is 6.54 Å². The fourth-order valence-electron chi connectivity index (χ4n) is 3.93. The molecule has 1 saturated carbocycles. The number of nitrogens with zero attached hydrogens (tertiary/aromatic N) is 4. The standard InChI is InChI=1S/C20H24ClN5O/c1-25(12-19-23-8-6-18(22)24-19)15-7-9-26(11-15)20(27)17-10-16(17)13-2-4-14(21)5-3-13/h2-6,8,15-17H,7,9-12H2,1H3,(H2,22,23,24)/t15-,16-,17+/m1/s1. The molecule has 2 N–H and O–H groups in total. The van der Waals surface area contributed by atoms with Crippen molar-refractivity contribution in [2.24, 2.45) is 5.92 Å². The first-order chi connectivity index (χ1) is 13.0. The summed E-state index contributed by atoms with van der Waals surface area (Å²) in [5.41, 5.74) is 6.94. The molecule has 0 unspecified atom stereocenters. The number of amides is 1. The molecule has 0 radical (unpaired) electrons. The van der Waals surface area contributed by atoms with Crippen LogP contribution in [-0.4, -0.2) is 51.9 Å². The molecule has 6 nitrogen and oxygen atoms in total. The van der Waals surface area contributed by atoms with Crippen LogP contribution in [0.3, 0.4) is 0 Å². The van der Waals surface area contributed by atoms with Crippen molar-refractivity contribution in [3.63, 3.8) is 0 Å². The number of aromatic nitrogens is 2. The van der Waals surface area contributed by atoms with Crippen LogP contribution in [0.15, 0.2) is 36.5 Å². The van der Waals surface area contributed by atoms with Crippen LogP contribution in [0.2, 0.25) is 5.02 Å². The number of rotatable bonds is 5. The molecule has 0 spiro atoms. The van der Waals surface area contributed by atoms with Gasteiger partial charge in [0.1, 0.15) is 11.6 Å². The number of likely N-dealkylation sites (N-methyl/N-ethyl adjacent to an activating group) is 1. The van der Waals surface area contributed by atoms with Gasteiger partial charge >= 0.3 is 0 Å². The van der Waals surface area contributed by atoms with Crippen LogP contribution in [0.1, 0.15) is 30.1 Å². The maximum absolute atomic E-state index is 12.9. The van der Waals surface area contributed by atoms with Gasteiger partial charge in [-0.1, -0.05) is 23.7 Å². The number of hydrogen-bond acceptors (Lipinski definition) is 5. The molecule has 27 heavy (non-hydrogen) atoms. The molecule has 1 aliphatic carbocycles. The molecule has 1 aromatic heterocycles. The predicted molar refractivity (Wildman–Crippen MR) is 105 cm³/mol. The van der Waals surface area contributed by atoms with Crippen molar-refractivity contribution < 1.29 is 4.79 Å². The number of carbonyl (C=O) groups excluding carboxylic acids is 1. The summed E-state index contributed by atoms with van der Waals surface area (Å²) in [5.74, 6) is 1.94. The van der Waals surface area contributed by atoms with Crippen LogP contribution in [0, 0.1) is 5.92 Å². The molecule has 0 bridgehead atoms. The van der Waals surface area contributed by atoms with E-state index in [2.05, 4.69) is 21.9 Å². The van der Waals surface area contributed by atoms with Crippen LogP contribution in [0.5, 0.6) is 0 Å². The van der Waals surface area contributed by atoms with Crippen molar-refractivity contribution in [2.75, 3.05) is 25.9 Å². The number of halogens is 1. The first-order valence-electron chi connectivity index (χ1n) is 9.33. The quantitative estimate of drug-likeness (QED) is 0.856. The Labute approximate surface area is 164 Å². The molecule has 1 saturated heterocycles. The maximum Gasteiger partial charge on any atom is 0.226 e. The van der Waals surface area contributed by atoms with Gasteiger partial charge in [-0.25, -0.2) is 9.97 Å². The van der Waals surface area contributed by atoms with E-state index in [4.69, 9.17) is 17.3 Å². The van der Waals surface area contributed by atoms with Crippen LogP contribution in [0.4, 0.5) is 5.82 Å². The van der Waals surface area contributed by atoms with Crippen molar-refractivity contribution in [3.05, 3.63) is 52.9 Å². The molecule has 4 rings (SSSR count). The highest BCUT2D eigenvalue weighted by Crippen LogP contribution is 2.49. The number of hydrogen-bond donors (Lipinski definition) is 1. The third-order valence-electron chi connectivity index (χ3n) is 5.62. The Balaban J connectivity index is 1.31. The normalized spacial score (nSPS) is 24.4. The number of benzene rings is 1. The molecule has 1 amide bonds. The third-order valence-corrected chi connectivity index (χ3v) is 5.87. The number of likely N-dealkylation sites (tertiary alicyclic amines) is 1. The van der Waals surface area contributed by atoms with Crippen LogP contribution >= 0.6 is 11.6 Å². The number of anilines is 1. The van der Waals surface area contributed by atoms with E-state index in [0.29, 0.717) is 30.1 Å². The van der Waals surface area contributed by atoms with Crippen LogP contribution in [0.25, 0.3) is 0 Å². The Hall–Kier alpha value is -2.18. The highest BCUT2D eigenvalue weighted by atomic mass is 35.5. The molecular weight excluding hydrogens is 362 g/mol. The van der Waals surface area contributed by atoms with E-state index in [1.165, 1.54) is 5.56 Å². The Kier molecular flexibility index (Phi) is 5.02. The Morgan fingerprint density at radius 1 is 1.33 bits per heavy atom. The largest absolute Gasteiger partial charge is 0.384 e. The van der Waals surface area contributed by atoms with Gasteiger partial charge in [-0.3, -0.25) is 9.69 Å². The molecule has 1 aromatic carbocycles. The molecule has 1 aliphatic heterocycles. The molecule has 7 heteroatoms. The smallest absolute Gasteiger partial charge is 0.226 e. The van der Waals surface area contributed by atoms with Crippen LogP contribution in [-0.2, 0) is 11.3 Å². The lowest BCUT2D eigenvalue weighted by molar-refractivity contribution is -0.131. The summed E-state index contributed by atoms with van der Waals surface area (Å²) in [5, 5.41) is 0.733. The van der Waals surface area contributed by atoms with Crippen molar-refractivity contribution in [2.45, 2.75) is 31.3 Å². The first kappa shape index (κ1) is 18.2. The molecule has 2 aromatic rings. The van der Waals surface area contributed by atoms with E-state index in [-0.39, 0.29) is 11.8 Å². The Bertz CT molecular complexity index is 827. The fraction of sp³-hybridized carbons (Fsp3) is 0.450. The summed E-state index contributed by atoms with van der Waals surface area (Å²) in [6.45, 7) is 2.21. The first-order valence-corrected chi connectivity index (χ1v) is 9.71. The average Bonchev–Trinajstić information content (AvgIpc) is 3.28. The zero-order chi connectivity index (χ0) is 19.0. The fourth-order valence-corrected chi connectivity index (χ4v) is 4.05. The zero-order valence-corrected chi connectivity index (χ0v) is 16.1. The topological polar surface area (TPSA) is 75.4 Å². The van der Waals surface area contributed by atoms with Crippen LogP contribution < -0.4 is 5.73 Å². The minimum absolute atomic E-state index is 0.118. The maximum atomic E-state index is 12.9. The molecule has 2 fully saturated rings. The summed E-state index contributed by atoms with van der Waals surface area (Å²) in [6, 6.07) is 9.88. The van der Waals surface area contributed by atoms with E-state index in [1.54, 1.807) is 12.3 Å². The SMILES string of the molecule is CN(Cc1nccc(N)n1)[C@@H]1CCN(C(=O)[C@H]2C[C@@H]2c2ccc(Cl)cc2)C1. The second-order valence-corrected chi connectivity index (χ2v) is 7.98. The van der Waals surface area contributed by atoms with Gasteiger partial charge in [-0.2, -0.15) is 0 Å². The van der Waals surface area contributed by atoms with Gasteiger partial charge in [0.2, 0.25) is 5.91 Å². The zero-order valence-electron chi connectivity index (χ0n) is 15.4. The number of carbonyl (C=O) groups is 1. The van der Waals surface area contributed by atoms with Crippen molar-refractivity contribution in [3.8, 4) is 0 Å². The lowest BCUT2D eigenvalue weighted by atomic mass is 10.1. The van der Waals surface area contributed by atoms with E-state index in [9.17, 15) is 4.79 Å². The molecule has 2 heterocycles. The van der Waals surface area contributed by atoms with E-state index in [1.807, 2.05) is 29.2 Å². The third kappa shape index (κ3) is 4.06. The van der Waals surface area contributed by atoms with Gasteiger partial charge < -0.3 is 10.6 Å². The summed E-state index contributed by atoms with van der Waals surface area (Å²) < 4.78 is 0. The minimum atomic E-state index is 0.118. The molecular formula is C20H24ClN5O. The van der Waals surface area contributed by atoms with E-state index < -0.39 is 0 Å². The van der Waals surface area contributed by atoms with Gasteiger partial charge in [0, 0.05) is 36.3 Å². The van der Waals surface area contributed by atoms with Gasteiger partial charge in [0.25, 0.3) is 0 Å². The molecule has 142 valence electrons. The van der Waals surface area contributed by atoms with Crippen molar-refractivity contribution >= 4 is 23.3 Å². The second-order valence-electron chi connectivity index (χ2n) is 7.54. The molecule has 3 atom stereocenters. The average molecular weight is 386 g/mol. The van der Waals surface area contributed by atoms with Crippen molar-refractivity contribution in [1.82, 2.24) is 19.8 Å². The lowest BCUT2D eigenvalue weighted by Gasteiger charge is -2.24. The highest BCUT2D eigenvalue weighted by molar-refractivity contribution is 6.30. The monoisotopic (exact) mass is 385 g/mol. The Morgan fingerprint density at radius 2 is 2.11 bits per heavy atom. The van der Waals surface area contributed by atoms with Crippen molar-refractivity contribution in [1.29, 1.82) is 0 Å². The Morgan fingerprint density at radius 3 is 2.85 bits per heavy atom. The number of nitrogens with two attached hydrogens (primary N) is 1. The minimum Gasteiger partial charge on any atom is -0.384 e. The van der Waals surface area contributed by atoms with E-state index >= 15 is 0 Å². The second kappa shape index (κ2) is 7.44. The summed E-state index contributed by atoms with van der Waals surface area (Å²) in [6.07, 6.45) is 3.59. The highest BCUT2D eigenvalue weighted by Gasteiger charge is 2.47. The summed E-state index contributed by atoms with van der Waals surface area (Å²) in [7, 11) is 2.05. The molecule has 2 aliphatic rings. The van der Waals surface area contributed by atoms with E-state index in [0.717, 1.165) is 31.0 Å². The van der Waals surface area contributed by atoms with Gasteiger partial charge in [0.15, 0.2) is 0 Å². The van der Waals surface area contributed by atoms with Gasteiger partial charge in [-0.15, -0.1) is 0 Å². The predicted octanol–water partition coefficient (Wildman–Crippen LogP) is 2.55.